The van der Waals surface area contributed by atoms with Gasteiger partial charge in [-0.3, -0.25) is 4.79 Å². The number of ether oxygens (including phenoxy) is 1. The number of nitrogens with zero attached hydrogens (tertiary/aromatic N) is 1. The molecule has 4 heteroatoms. The highest BCUT2D eigenvalue weighted by molar-refractivity contribution is 5.79. The van der Waals surface area contributed by atoms with Crippen LogP contribution in [0.5, 0.6) is 0 Å². The summed E-state index contributed by atoms with van der Waals surface area (Å²) in [6, 6.07) is 0. The monoisotopic (exact) mass is 268 g/mol. The van der Waals surface area contributed by atoms with E-state index in [0.717, 1.165) is 77.2 Å². The number of methoxy groups -OCH3 is 1. The van der Waals surface area contributed by atoms with Gasteiger partial charge in [-0.1, -0.05) is 0 Å². The van der Waals surface area contributed by atoms with E-state index < -0.39 is 0 Å². The number of likely N-dealkylation sites (tertiary alicyclic amines) is 1. The first-order valence-corrected chi connectivity index (χ1v) is 7.79. The molecule has 4 nitrogen and oxygen atoms in total. The fraction of sp³-hybridized carbons (Fsp3) is 0.933. The Morgan fingerprint density at radius 3 is 2.74 bits per heavy atom. The summed E-state index contributed by atoms with van der Waals surface area (Å²) in [7, 11) is 1.76. The van der Waals surface area contributed by atoms with Gasteiger partial charge in [-0.05, 0) is 57.5 Å². The summed E-state index contributed by atoms with van der Waals surface area (Å²) >= 11 is 0. The van der Waals surface area contributed by atoms with Crippen LogP contribution in [0, 0.1) is 11.8 Å². The Balaban J connectivity index is 1.75. The lowest BCUT2D eigenvalue weighted by Gasteiger charge is -2.34. The number of amides is 1. The summed E-state index contributed by atoms with van der Waals surface area (Å²) in [5.74, 6) is 1.43. The Labute approximate surface area is 116 Å². The summed E-state index contributed by atoms with van der Waals surface area (Å²) in [5.41, 5.74) is 0. The molecule has 0 radical (unpaired) electrons. The minimum Gasteiger partial charge on any atom is -0.385 e. The van der Waals surface area contributed by atoms with E-state index in [-0.39, 0.29) is 5.92 Å². The molecule has 0 aromatic carbocycles. The summed E-state index contributed by atoms with van der Waals surface area (Å²) < 4.78 is 5.14. The van der Waals surface area contributed by atoms with Gasteiger partial charge < -0.3 is 15.0 Å². The lowest BCUT2D eigenvalue weighted by Crippen LogP contribution is -2.42. The molecule has 0 bridgehead atoms. The molecule has 2 rings (SSSR count). The number of hydrogen-bond acceptors (Lipinski definition) is 3. The van der Waals surface area contributed by atoms with Crippen LogP contribution in [0.25, 0.3) is 0 Å². The van der Waals surface area contributed by atoms with Crippen molar-refractivity contribution in [3.63, 3.8) is 0 Å². The molecular formula is C15H28N2O2. The second-order valence-corrected chi connectivity index (χ2v) is 5.93. The van der Waals surface area contributed by atoms with E-state index in [2.05, 4.69) is 10.2 Å². The van der Waals surface area contributed by atoms with Crippen molar-refractivity contribution in [2.75, 3.05) is 39.9 Å². The molecule has 1 amide bonds. The topological polar surface area (TPSA) is 41.6 Å². The fourth-order valence-corrected chi connectivity index (χ4v) is 3.25. The lowest BCUT2D eigenvalue weighted by molar-refractivity contribution is -0.137. The molecule has 110 valence electrons. The Kier molecular flexibility index (Phi) is 6.11. The molecule has 2 aliphatic rings. The summed E-state index contributed by atoms with van der Waals surface area (Å²) in [4.78, 5) is 14.6. The average molecular weight is 268 g/mol. The molecule has 2 fully saturated rings. The van der Waals surface area contributed by atoms with Crippen molar-refractivity contribution in [2.24, 2.45) is 11.8 Å². The van der Waals surface area contributed by atoms with Crippen LogP contribution in [0.2, 0.25) is 0 Å². The van der Waals surface area contributed by atoms with Crippen LogP contribution in [0.1, 0.15) is 38.5 Å². The van der Waals surface area contributed by atoms with Crippen LogP contribution in [0.4, 0.5) is 0 Å². The number of nitrogens with one attached hydrogen (secondary N) is 1. The van der Waals surface area contributed by atoms with Crippen molar-refractivity contribution < 1.29 is 9.53 Å². The van der Waals surface area contributed by atoms with Gasteiger partial charge in [-0.25, -0.2) is 0 Å². The first kappa shape index (κ1) is 14.8. The van der Waals surface area contributed by atoms with Gasteiger partial charge in [0.05, 0.1) is 0 Å². The highest BCUT2D eigenvalue weighted by atomic mass is 16.5. The van der Waals surface area contributed by atoms with Crippen LogP contribution in [-0.2, 0) is 9.53 Å². The Bertz CT molecular complexity index is 267. The van der Waals surface area contributed by atoms with E-state index in [1.54, 1.807) is 7.11 Å². The van der Waals surface area contributed by atoms with E-state index >= 15 is 0 Å². The van der Waals surface area contributed by atoms with Crippen LogP contribution < -0.4 is 5.32 Å². The fourth-order valence-electron chi connectivity index (χ4n) is 3.25. The molecule has 2 saturated heterocycles. The second-order valence-electron chi connectivity index (χ2n) is 5.93. The number of piperidine rings is 1. The highest BCUT2D eigenvalue weighted by Crippen LogP contribution is 2.24. The third-order valence-electron chi connectivity index (χ3n) is 4.58. The van der Waals surface area contributed by atoms with E-state index in [0.29, 0.717) is 5.91 Å². The maximum atomic E-state index is 12.5. The Morgan fingerprint density at radius 1 is 1.21 bits per heavy atom. The zero-order valence-corrected chi connectivity index (χ0v) is 12.2. The van der Waals surface area contributed by atoms with Crippen molar-refractivity contribution in [3.8, 4) is 0 Å². The van der Waals surface area contributed by atoms with Crippen molar-refractivity contribution in [3.05, 3.63) is 0 Å². The van der Waals surface area contributed by atoms with Crippen molar-refractivity contribution in [1.29, 1.82) is 0 Å². The van der Waals surface area contributed by atoms with Crippen LogP contribution in [-0.4, -0.2) is 50.7 Å². The highest BCUT2D eigenvalue weighted by Gasteiger charge is 2.28. The maximum absolute atomic E-state index is 12.5. The Hall–Kier alpha value is -0.610. The van der Waals surface area contributed by atoms with Crippen molar-refractivity contribution >= 4 is 5.91 Å². The number of hydrogen-bond donors (Lipinski definition) is 1. The zero-order valence-electron chi connectivity index (χ0n) is 12.2. The molecule has 2 aliphatic heterocycles. The molecule has 1 atom stereocenters. The Morgan fingerprint density at radius 2 is 2.00 bits per heavy atom. The number of carbonyl (C=O) groups excluding carboxylic acids is 1. The third kappa shape index (κ3) is 4.46. The second kappa shape index (κ2) is 7.85. The van der Waals surface area contributed by atoms with Crippen molar-refractivity contribution in [1.82, 2.24) is 10.2 Å². The summed E-state index contributed by atoms with van der Waals surface area (Å²) in [5, 5.41) is 3.38. The van der Waals surface area contributed by atoms with Crippen LogP contribution >= 0.6 is 0 Å². The summed E-state index contributed by atoms with van der Waals surface area (Å²) in [6.07, 6.45) is 6.67. The van der Waals surface area contributed by atoms with Gasteiger partial charge in [-0.2, -0.15) is 0 Å². The molecule has 0 saturated carbocycles. The van der Waals surface area contributed by atoms with Gasteiger partial charge >= 0.3 is 0 Å². The molecule has 0 spiro atoms. The predicted octanol–water partition coefficient (Wildman–Crippen LogP) is 1.65. The molecule has 0 aliphatic carbocycles. The standard InChI is InChI=1S/C15H28N2O2/c1-19-12-7-13-5-10-17(11-6-13)15(18)14-3-2-8-16-9-4-14/h13-14,16H,2-12H2,1H3/t14-/m0/s1. The predicted molar refractivity (Wildman–Crippen MR) is 76.0 cm³/mol. The lowest BCUT2D eigenvalue weighted by atomic mass is 9.92. The van der Waals surface area contributed by atoms with Crippen molar-refractivity contribution in [2.45, 2.75) is 38.5 Å². The van der Waals surface area contributed by atoms with Crippen LogP contribution in [0.3, 0.4) is 0 Å². The first-order valence-electron chi connectivity index (χ1n) is 7.79. The smallest absolute Gasteiger partial charge is 0.225 e. The minimum absolute atomic E-state index is 0.269. The molecule has 2 heterocycles. The molecule has 0 aromatic rings. The van der Waals surface area contributed by atoms with E-state index in [4.69, 9.17) is 4.74 Å². The molecular weight excluding hydrogens is 240 g/mol. The van der Waals surface area contributed by atoms with Crippen LogP contribution in [0.15, 0.2) is 0 Å². The molecule has 19 heavy (non-hydrogen) atoms. The SMILES string of the molecule is COCCC1CCN(C(=O)[C@H]2CCCNCC2)CC1. The van der Waals surface area contributed by atoms with Gasteiger partial charge in [0, 0.05) is 32.7 Å². The summed E-state index contributed by atoms with van der Waals surface area (Å²) in [6.45, 7) is 4.84. The first-order chi connectivity index (χ1) is 9.31. The molecule has 1 N–H and O–H groups in total. The van der Waals surface area contributed by atoms with E-state index in [1.807, 2.05) is 0 Å². The zero-order chi connectivity index (χ0) is 13.5. The van der Waals surface area contributed by atoms with E-state index in [1.165, 1.54) is 0 Å². The van der Waals surface area contributed by atoms with Gasteiger partial charge in [0.2, 0.25) is 5.91 Å². The largest absolute Gasteiger partial charge is 0.385 e. The quantitative estimate of drug-likeness (QED) is 0.843. The number of carbonyl (C=O) groups is 1. The maximum Gasteiger partial charge on any atom is 0.225 e. The minimum atomic E-state index is 0.269. The molecule has 0 aromatic heterocycles. The normalized spacial score (nSPS) is 26.2. The van der Waals surface area contributed by atoms with Gasteiger partial charge in [0.15, 0.2) is 0 Å². The average Bonchev–Trinajstić information content (AvgIpc) is 2.74. The van der Waals surface area contributed by atoms with Gasteiger partial charge in [0.1, 0.15) is 0 Å². The number of rotatable bonds is 4. The van der Waals surface area contributed by atoms with Gasteiger partial charge in [-0.15, -0.1) is 0 Å². The third-order valence-corrected chi connectivity index (χ3v) is 4.58. The molecule has 0 unspecified atom stereocenters. The van der Waals surface area contributed by atoms with Gasteiger partial charge in [0.25, 0.3) is 0 Å². The van der Waals surface area contributed by atoms with E-state index in [9.17, 15) is 4.79 Å².